The van der Waals surface area contributed by atoms with Crippen molar-refractivity contribution in [1.82, 2.24) is 0 Å². The zero-order valence-electron chi connectivity index (χ0n) is 12.1. The van der Waals surface area contributed by atoms with Gasteiger partial charge >= 0.3 is 5.97 Å². The molecular weight excluding hydrogens is 292 g/mol. The highest BCUT2D eigenvalue weighted by Crippen LogP contribution is 2.47. The molecule has 0 bridgehead atoms. The maximum absolute atomic E-state index is 11.1. The van der Waals surface area contributed by atoms with E-state index in [1.54, 1.807) is 18.2 Å². The van der Waals surface area contributed by atoms with Crippen molar-refractivity contribution in [2.45, 2.75) is 44.6 Å². The number of rotatable bonds is 6. The van der Waals surface area contributed by atoms with Crippen LogP contribution in [0.5, 0.6) is 5.75 Å². The Kier molecular flexibility index (Phi) is 5.12. The predicted octanol–water partition coefficient (Wildman–Crippen LogP) is 3.81. The third-order valence-electron chi connectivity index (χ3n) is 4.38. The number of benzene rings is 1. The first-order valence-electron chi connectivity index (χ1n) is 7.19. The smallest absolute Gasteiger partial charge is 0.303 e. The van der Waals surface area contributed by atoms with Gasteiger partial charge in [0.25, 0.3) is 0 Å². The number of carboxylic acid groups (broad SMARTS) is 1. The first-order valence-corrected chi connectivity index (χ1v) is 7.57. The van der Waals surface area contributed by atoms with Crippen molar-refractivity contribution in [2.24, 2.45) is 5.41 Å². The van der Waals surface area contributed by atoms with Crippen LogP contribution in [0.3, 0.4) is 0 Å². The van der Waals surface area contributed by atoms with Crippen molar-refractivity contribution in [3.8, 4) is 5.75 Å². The number of ether oxygens (including phenoxy) is 1. The average Bonchev–Trinajstić information content (AvgIpc) is 2.85. The molecule has 0 aliphatic heterocycles. The number of hydrogen-bond acceptors (Lipinski definition) is 3. The van der Waals surface area contributed by atoms with Gasteiger partial charge in [-0.1, -0.05) is 30.5 Å². The summed E-state index contributed by atoms with van der Waals surface area (Å²) in [7, 11) is 1.54. The summed E-state index contributed by atoms with van der Waals surface area (Å²) in [6.07, 6.45) is 3.66. The lowest BCUT2D eigenvalue weighted by atomic mass is 9.76. The molecule has 1 aliphatic carbocycles. The average molecular weight is 313 g/mol. The largest absolute Gasteiger partial charge is 0.495 e. The summed E-state index contributed by atoms with van der Waals surface area (Å²) in [5.74, 6) is -0.231. The van der Waals surface area contributed by atoms with Gasteiger partial charge in [-0.2, -0.15) is 0 Å². The predicted molar refractivity (Wildman–Crippen MR) is 80.7 cm³/mol. The highest BCUT2D eigenvalue weighted by Gasteiger charge is 2.38. The van der Waals surface area contributed by atoms with Crippen molar-refractivity contribution in [3.05, 3.63) is 28.8 Å². The van der Waals surface area contributed by atoms with Gasteiger partial charge in [-0.05, 0) is 42.4 Å². The van der Waals surface area contributed by atoms with Crippen LogP contribution in [0.15, 0.2) is 18.2 Å². The van der Waals surface area contributed by atoms with E-state index in [0.29, 0.717) is 22.8 Å². The molecule has 116 valence electrons. The summed E-state index contributed by atoms with van der Waals surface area (Å²) >= 11 is 6.08. The van der Waals surface area contributed by atoms with E-state index in [4.69, 9.17) is 21.4 Å². The minimum absolute atomic E-state index is 0.119. The molecule has 21 heavy (non-hydrogen) atoms. The Morgan fingerprint density at radius 3 is 2.62 bits per heavy atom. The van der Waals surface area contributed by atoms with Crippen LogP contribution in [0.25, 0.3) is 0 Å². The van der Waals surface area contributed by atoms with Crippen LogP contribution in [0.1, 0.15) is 50.2 Å². The van der Waals surface area contributed by atoms with Gasteiger partial charge < -0.3 is 14.9 Å². The van der Waals surface area contributed by atoms with Crippen molar-refractivity contribution >= 4 is 17.6 Å². The van der Waals surface area contributed by atoms with E-state index in [1.165, 1.54) is 7.11 Å². The molecule has 4 nitrogen and oxygen atoms in total. The minimum Gasteiger partial charge on any atom is -0.495 e. The fourth-order valence-electron chi connectivity index (χ4n) is 3.32. The number of halogens is 1. The lowest BCUT2D eigenvalue weighted by Gasteiger charge is -2.30. The molecule has 1 aromatic carbocycles. The van der Waals surface area contributed by atoms with Gasteiger partial charge in [0.05, 0.1) is 24.7 Å². The van der Waals surface area contributed by atoms with E-state index in [1.807, 2.05) is 0 Å². The van der Waals surface area contributed by atoms with Crippen LogP contribution in [0, 0.1) is 5.41 Å². The Hall–Kier alpha value is -1.26. The lowest BCUT2D eigenvalue weighted by Crippen LogP contribution is -2.23. The molecule has 1 aliphatic rings. The highest BCUT2D eigenvalue weighted by atomic mass is 35.5. The van der Waals surface area contributed by atoms with Gasteiger partial charge in [0, 0.05) is 0 Å². The molecule has 5 heteroatoms. The van der Waals surface area contributed by atoms with Gasteiger partial charge in [-0.25, -0.2) is 0 Å². The van der Waals surface area contributed by atoms with Crippen LogP contribution in [-0.4, -0.2) is 23.3 Å². The molecule has 0 spiro atoms. The standard InChI is InChI=1S/C16H21ClO4/c1-21-14-5-4-11(8-12(14)17)13(18)9-16(10-15(19)20)6-2-3-7-16/h4-5,8,13,18H,2-3,6-7,9-10H2,1H3,(H,19,20). The summed E-state index contributed by atoms with van der Waals surface area (Å²) in [5, 5.41) is 20.0. The molecule has 0 aromatic heterocycles. The molecule has 1 saturated carbocycles. The molecule has 1 atom stereocenters. The molecule has 0 heterocycles. The van der Waals surface area contributed by atoms with Gasteiger partial charge in [0.15, 0.2) is 0 Å². The number of aliphatic hydroxyl groups is 1. The fourth-order valence-corrected chi connectivity index (χ4v) is 3.58. The van der Waals surface area contributed by atoms with Gasteiger partial charge in [0.1, 0.15) is 5.75 Å². The minimum atomic E-state index is -0.795. The Balaban J connectivity index is 2.13. The topological polar surface area (TPSA) is 66.8 Å². The first kappa shape index (κ1) is 16.1. The van der Waals surface area contributed by atoms with E-state index in [9.17, 15) is 9.90 Å². The number of carbonyl (C=O) groups is 1. The quantitative estimate of drug-likeness (QED) is 0.838. The van der Waals surface area contributed by atoms with Crippen molar-refractivity contribution in [2.75, 3.05) is 7.11 Å². The maximum atomic E-state index is 11.1. The van der Waals surface area contributed by atoms with Crippen LogP contribution >= 0.6 is 11.6 Å². The van der Waals surface area contributed by atoms with Gasteiger partial charge in [0.2, 0.25) is 0 Å². The third kappa shape index (κ3) is 3.89. The number of hydrogen-bond donors (Lipinski definition) is 2. The summed E-state index contributed by atoms with van der Waals surface area (Å²) in [4.78, 5) is 11.1. The molecule has 0 amide bonds. The molecule has 2 N–H and O–H groups in total. The lowest BCUT2D eigenvalue weighted by molar-refractivity contribution is -0.140. The van der Waals surface area contributed by atoms with Gasteiger partial charge in [-0.3, -0.25) is 4.79 Å². The van der Waals surface area contributed by atoms with Gasteiger partial charge in [-0.15, -0.1) is 0 Å². The molecule has 0 saturated heterocycles. The molecule has 1 fully saturated rings. The van der Waals surface area contributed by atoms with E-state index in [-0.39, 0.29) is 11.8 Å². The molecule has 0 radical (unpaired) electrons. The number of aliphatic hydroxyl groups excluding tert-OH is 1. The molecule has 1 aromatic rings. The van der Waals surface area contributed by atoms with Crippen LogP contribution < -0.4 is 4.74 Å². The molecule has 2 rings (SSSR count). The van der Waals surface area contributed by atoms with E-state index in [2.05, 4.69) is 0 Å². The zero-order chi connectivity index (χ0) is 15.5. The van der Waals surface area contributed by atoms with Crippen molar-refractivity contribution in [3.63, 3.8) is 0 Å². The van der Waals surface area contributed by atoms with Crippen LogP contribution in [0.4, 0.5) is 0 Å². The first-order chi connectivity index (χ1) is 9.96. The Morgan fingerprint density at radius 2 is 2.10 bits per heavy atom. The van der Waals surface area contributed by atoms with E-state index < -0.39 is 12.1 Å². The monoisotopic (exact) mass is 312 g/mol. The number of carboxylic acids is 1. The second-order valence-corrected chi connectivity index (χ2v) is 6.30. The number of aliphatic carboxylic acids is 1. The molecule has 1 unspecified atom stereocenters. The summed E-state index contributed by atoms with van der Waals surface area (Å²) in [6, 6.07) is 5.19. The fraction of sp³-hybridized carbons (Fsp3) is 0.562. The van der Waals surface area contributed by atoms with Crippen LogP contribution in [-0.2, 0) is 4.79 Å². The molecular formula is C16H21ClO4. The van der Waals surface area contributed by atoms with Crippen molar-refractivity contribution < 1.29 is 19.7 Å². The second-order valence-electron chi connectivity index (χ2n) is 5.89. The zero-order valence-corrected chi connectivity index (χ0v) is 12.9. The summed E-state index contributed by atoms with van der Waals surface area (Å²) in [5.41, 5.74) is 0.412. The van der Waals surface area contributed by atoms with E-state index in [0.717, 1.165) is 25.7 Å². The Morgan fingerprint density at radius 1 is 1.43 bits per heavy atom. The Labute approximate surface area is 129 Å². The number of methoxy groups -OCH3 is 1. The SMILES string of the molecule is COc1ccc(C(O)CC2(CC(=O)O)CCCC2)cc1Cl. The van der Waals surface area contributed by atoms with Crippen molar-refractivity contribution in [1.29, 1.82) is 0 Å². The maximum Gasteiger partial charge on any atom is 0.303 e. The third-order valence-corrected chi connectivity index (χ3v) is 4.67. The van der Waals surface area contributed by atoms with E-state index >= 15 is 0 Å². The summed E-state index contributed by atoms with van der Waals surface area (Å²) in [6.45, 7) is 0. The normalized spacial score (nSPS) is 18.4. The summed E-state index contributed by atoms with van der Waals surface area (Å²) < 4.78 is 5.09. The Bertz CT molecular complexity index is 509. The highest BCUT2D eigenvalue weighted by molar-refractivity contribution is 6.32. The van der Waals surface area contributed by atoms with Crippen LogP contribution in [0.2, 0.25) is 5.02 Å². The second kappa shape index (κ2) is 6.67.